The van der Waals surface area contributed by atoms with Gasteiger partial charge in [0.25, 0.3) is 0 Å². The van der Waals surface area contributed by atoms with E-state index in [0.717, 1.165) is 30.9 Å². The van der Waals surface area contributed by atoms with E-state index in [1.54, 1.807) is 0 Å². The van der Waals surface area contributed by atoms with Gasteiger partial charge in [0.15, 0.2) is 0 Å². The quantitative estimate of drug-likeness (QED) is 0.909. The molecule has 0 saturated carbocycles. The molecule has 1 aliphatic heterocycles. The Morgan fingerprint density at radius 1 is 1.61 bits per heavy atom. The van der Waals surface area contributed by atoms with Gasteiger partial charge in [0, 0.05) is 13.1 Å². The topological polar surface area (TPSA) is 58.4 Å². The lowest BCUT2D eigenvalue weighted by Gasteiger charge is -2.21. The third-order valence-corrected chi connectivity index (χ3v) is 3.95. The molecule has 0 spiro atoms. The van der Waals surface area contributed by atoms with Crippen molar-refractivity contribution in [1.82, 2.24) is 14.7 Å². The highest BCUT2D eigenvalue weighted by Crippen LogP contribution is 2.26. The Bertz CT molecular complexity index is 458. The fourth-order valence-electron chi connectivity index (χ4n) is 2.51. The highest BCUT2D eigenvalue weighted by Gasteiger charge is 2.31. The van der Waals surface area contributed by atoms with Gasteiger partial charge in [0.1, 0.15) is 6.04 Å². The smallest absolute Gasteiger partial charge is 0.320 e. The Kier molecular flexibility index (Phi) is 3.92. The van der Waals surface area contributed by atoms with Crippen LogP contribution >= 0.6 is 11.6 Å². The number of rotatable bonds is 4. The molecule has 1 unspecified atom stereocenters. The van der Waals surface area contributed by atoms with Gasteiger partial charge < -0.3 is 5.11 Å². The van der Waals surface area contributed by atoms with Gasteiger partial charge in [-0.05, 0) is 33.2 Å². The predicted octanol–water partition coefficient (Wildman–Crippen LogP) is 1.91. The van der Waals surface area contributed by atoms with Gasteiger partial charge >= 0.3 is 5.97 Å². The molecule has 1 aromatic rings. The van der Waals surface area contributed by atoms with Crippen LogP contribution in [0.15, 0.2) is 0 Å². The Hall–Kier alpha value is -1.07. The monoisotopic (exact) mass is 271 g/mol. The average molecular weight is 272 g/mol. The first-order valence-corrected chi connectivity index (χ1v) is 6.61. The van der Waals surface area contributed by atoms with Crippen LogP contribution in [-0.2, 0) is 17.9 Å². The second kappa shape index (κ2) is 5.28. The van der Waals surface area contributed by atoms with Crippen molar-refractivity contribution in [2.75, 3.05) is 6.54 Å². The van der Waals surface area contributed by atoms with Crippen molar-refractivity contribution in [2.24, 2.45) is 0 Å². The van der Waals surface area contributed by atoms with Crippen LogP contribution in [0.25, 0.3) is 0 Å². The van der Waals surface area contributed by atoms with Crippen molar-refractivity contribution < 1.29 is 9.90 Å². The first kappa shape index (κ1) is 13.4. The first-order chi connectivity index (χ1) is 8.54. The standard InChI is InChI=1S/C12H18ClN3O2/c1-3-16-10(11(13)8(2)14-16)7-15-6-4-5-9(15)12(17)18/h9H,3-7H2,1-2H3,(H,17,18). The maximum absolute atomic E-state index is 11.1. The van der Waals surface area contributed by atoms with E-state index < -0.39 is 5.97 Å². The number of carboxylic acids is 1. The Balaban J connectivity index is 2.21. The van der Waals surface area contributed by atoms with Gasteiger partial charge in [-0.3, -0.25) is 14.4 Å². The molecule has 2 rings (SSSR count). The number of likely N-dealkylation sites (tertiary alicyclic amines) is 1. The molecular weight excluding hydrogens is 254 g/mol. The van der Waals surface area contributed by atoms with Gasteiger partial charge in [-0.1, -0.05) is 11.6 Å². The summed E-state index contributed by atoms with van der Waals surface area (Å²) in [7, 11) is 0. The van der Waals surface area contributed by atoms with E-state index in [2.05, 4.69) is 5.10 Å². The summed E-state index contributed by atoms with van der Waals surface area (Å²) in [4.78, 5) is 13.1. The summed E-state index contributed by atoms with van der Waals surface area (Å²) in [5, 5.41) is 14.2. The maximum atomic E-state index is 11.1. The molecule has 5 nitrogen and oxygen atoms in total. The lowest BCUT2D eigenvalue weighted by molar-refractivity contribution is -0.142. The van der Waals surface area contributed by atoms with Crippen molar-refractivity contribution in [3.8, 4) is 0 Å². The fourth-order valence-corrected chi connectivity index (χ4v) is 2.70. The first-order valence-electron chi connectivity index (χ1n) is 6.23. The second-order valence-electron chi connectivity index (χ2n) is 4.63. The number of nitrogens with zero attached hydrogens (tertiary/aromatic N) is 3. The number of hydrogen-bond donors (Lipinski definition) is 1. The minimum atomic E-state index is -0.747. The van der Waals surface area contributed by atoms with E-state index in [-0.39, 0.29) is 6.04 Å². The number of aryl methyl sites for hydroxylation is 2. The normalized spacial score (nSPS) is 20.5. The SMILES string of the molecule is CCn1nc(C)c(Cl)c1CN1CCCC1C(=O)O. The molecule has 0 radical (unpaired) electrons. The van der Waals surface area contributed by atoms with Crippen molar-refractivity contribution in [2.45, 2.75) is 45.8 Å². The van der Waals surface area contributed by atoms with Crippen LogP contribution in [0.1, 0.15) is 31.2 Å². The van der Waals surface area contributed by atoms with Crippen molar-refractivity contribution in [1.29, 1.82) is 0 Å². The molecule has 0 aromatic carbocycles. The molecule has 1 atom stereocenters. The lowest BCUT2D eigenvalue weighted by atomic mass is 10.2. The average Bonchev–Trinajstić information content (AvgIpc) is 2.89. The van der Waals surface area contributed by atoms with Gasteiger partial charge in [0.2, 0.25) is 0 Å². The third-order valence-electron chi connectivity index (χ3n) is 3.45. The summed E-state index contributed by atoms with van der Waals surface area (Å²) in [5.41, 5.74) is 1.73. The fraction of sp³-hybridized carbons (Fsp3) is 0.667. The van der Waals surface area contributed by atoms with Gasteiger partial charge in [-0.2, -0.15) is 5.10 Å². The predicted molar refractivity (Wildman–Crippen MR) is 68.7 cm³/mol. The Morgan fingerprint density at radius 2 is 2.33 bits per heavy atom. The van der Waals surface area contributed by atoms with E-state index in [4.69, 9.17) is 16.7 Å². The number of hydrogen-bond acceptors (Lipinski definition) is 3. The van der Waals surface area contributed by atoms with Crippen LogP contribution < -0.4 is 0 Å². The Morgan fingerprint density at radius 3 is 2.94 bits per heavy atom. The largest absolute Gasteiger partial charge is 0.480 e. The van der Waals surface area contributed by atoms with E-state index in [9.17, 15) is 4.79 Å². The van der Waals surface area contributed by atoms with Gasteiger partial charge in [-0.25, -0.2) is 0 Å². The lowest BCUT2D eigenvalue weighted by Crippen LogP contribution is -2.36. The van der Waals surface area contributed by atoms with E-state index in [1.165, 1.54) is 0 Å². The molecule has 1 aliphatic rings. The molecule has 2 heterocycles. The van der Waals surface area contributed by atoms with Crippen molar-refractivity contribution in [3.63, 3.8) is 0 Å². The van der Waals surface area contributed by atoms with Crippen LogP contribution in [0.2, 0.25) is 5.02 Å². The molecule has 0 bridgehead atoms. The second-order valence-corrected chi connectivity index (χ2v) is 5.01. The summed E-state index contributed by atoms with van der Waals surface area (Å²) in [5.74, 6) is -0.747. The molecule has 6 heteroatoms. The van der Waals surface area contributed by atoms with Crippen molar-refractivity contribution >= 4 is 17.6 Å². The third kappa shape index (κ3) is 2.37. The summed E-state index contributed by atoms with van der Waals surface area (Å²) in [6.45, 7) is 5.99. The number of aliphatic carboxylic acids is 1. The molecule has 0 aliphatic carbocycles. The van der Waals surface area contributed by atoms with Crippen LogP contribution in [0.3, 0.4) is 0 Å². The van der Waals surface area contributed by atoms with Gasteiger partial charge in [-0.15, -0.1) is 0 Å². The van der Waals surface area contributed by atoms with Crippen LogP contribution in [-0.4, -0.2) is 38.3 Å². The summed E-state index contributed by atoms with van der Waals surface area (Å²) in [6, 6.07) is -0.387. The van der Waals surface area contributed by atoms with Crippen LogP contribution in [0.5, 0.6) is 0 Å². The molecule has 0 amide bonds. The van der Waals surface area contributed by atoms with Crippen molar-refractivity contribution in [3.05, 3.63) is 16.4 Å². The number of carbonyl (C=O) groups is 1. The zero-order chi connectivity index (χ0) is 13.3. The number of carboxylic acid groups (broad SMARTS) is 1. The highest BCUT2D eigenvalue weighted by atomic mass is 35.5. The molecule has 18 heavy (non-hydrogen) atoms. The molecule has 1 saturated heterocycles. The molecule has 1 fully saturated rings. The molecule has 100 valence electrons. The molecule has 1 N–H and O–H groups in total. The highest BCUT2D eigenvalue weighted by molar-refractivity contribution is 6.31. The number of halogens is 1. The maximum Gasteiger partial charge on any atom is 0.320 e. The summed E-state index contributed by atoms with van der Waals surface area (Å²) in [6.07, 6.45) is 1.64. The number of aromatic nitrogens is 2. The Labute approximate surface area is 111 Å². The molecule has 1 aromatic heterocycles. The zero-order valence-corrected chi connectivity index (χ0v) is 11.4. The zero-order valence-electron chi connectivity index (χ0n) is 10.7. The summed E-state index contributed by atoms with van der Waals surface area (Å²) >= 11 is 6.24. The van der Waals surface area contributed by atoms with Crippen LogP contribution in [0.4, 0.5) is 0 Å². The minimum Gasteiger partial charge on any atom is -0.480 e. The minimum absolute atomic E-state index is 0.387. The van der Waals surface area contributed by atoms with Crippen LogP contribution in [0, 0.1) is 6.92 Å². The van der Waals surface area contributed by atoms with Gasteiger partial charge in [0.05, 0.1) is 16.4 Å². The van der Waals surface area contributed by atoms with E-state index >= 15 is 0 Å². The van der Waals surface area contributed by atoms with E-state index in [0.29, 0.717) is 18.0 Å². The molecular formula is C12H18ClN3O2. The summed E-state index contributed by atoms with van der Waals surface area (Å²) < 4.78 is 1.86. The van der Waals surface area contributed by atoms with E-state index in [1.807, 2.05) is 23.4 Å².